The van der Waals surface area contributed by atoms with E-state index in [4.69, 9.17) is 9.73 Å². The lowest BCUT2D eigenvalue weighted by Gasteiger charge is -2.33. The van der Waals surface area contributed by atoms with Gasteiger partial charge < -0.3 is 9.64 Å². The number of amides is 1. The smallest absolute Gasteiger partial charge is 0.356 e. The summed E-state index contributed by atoms with van der Waals surface area (Å²) in [6, 6.07) is 10.0. The van der Waals surface area contributed by atoms with Crippen molar-refractivity contribution >= 4 is 17.7 Å². The van der Waals surface area contributed by atoms with Crippen LogP contribution in [0.4, 0.5) is 4.39 Å². The molecule has 1 aromatic heterocycles. The maximum absolute atomic E-state index is 13.6. The molecule has 0 bridgehead atoms. The number of rotatable bonds is 10. The second-order valence-electron chi connectivity index (χ2n) is 9.90. The third-order valence-corrected chi connectivity index (χ3v) is 7.46. The van der Waals surface area contributed by atoms with Gasteiger partial charge in [-0.2, -0.15) is 0 Å². The number of likely N-dealkylation sites (tertiary alicyclic amines) is 1. The summed E-state index contributed by atoms with van der Waals surface area (Å²) in [4.78, 5) is 38.8. The van der Waals surface area contributed by atoms with E-state index in [1.807, 2.05) is 26.0 Å². The fraction of sp³-hybridized carbons (Fsp3) is 0.517. The highest BCUT2D eigenvalue weighted by Crippen LogP contribution is 2.38. The molecule has 2 aliphatic heterocycles. The van der Waals surface area contributed by atoms with Gasteiger partial charge in [0.05, 0.1) is 6.61 Å². The number of esters is 1. The molecule has 0 N–H and O–H groups in total. The van der Waals surface area contributed by atoms with Gasteiger partial charge in [0.15, 0.2) is 5.54 Å². The van der Waals surface area contributed by atoms with Crippen LogP contribution in [0.25, 0.3) is 0 Å². The Morgan fingerprint density at radius 1 is 1.14 bits per heavy atom. The molecule has 8 heteroatoms. The van der Waals surface area contributed by atoms with Crippen molar-refractivity contribution in [3.05, 3.63) is 65.2 Å². The minimum absolute atomic E-state index is 0.00717. The van der Waals surface area contributed by atoms with Crippen LogP contribution in [0.15, 0.2) is 47.6 Å². The van der Waals surface area contributed by atoms with Crippen LogP contribution in [0.3, 0.4) is 0 Å². The molecule has 0 aliphatic carbocycles. The highest BCUT2D eigenvalue weighted by molar-refractivity contribution is 6.07. The molecule has 1 saturated heterocycles. The molecule has 2 aliphatic rings. The van der Waals surface area contributed by atoms with Crippen molar-refractivity contribution in [3.63, 3.8) is 0 Å². The normalized spacial score (nSPS) is 20.8. The number of carbonyl (C=O) groups is 2. The van der Waals surface area contributed by atoms with Gasteiger partial charge >= 0.3 is 5.97 Å². The van der Waals surface area contributed by atoms with Gasteiger partial charge in [-0.1, -0.05) is 25.5 Å². The van der Waals surface area contributed by atoms with E-state index < -0.39 is 5.54 Å². The van der Waals surface area contributed by atoms with Crippen molar-refractivity contribution in [1.82, 2.24) is 14.8 Å². The molecule has 2 aromatic rings. The molecule has 3 heterocycles. The fourth-order valence-corrected chi connectivity index (χ4v) is 5.56. The van der Waals surface area contributed by atoms with E-state index in [0.717, 1.165) is 62.3 Å². The highest BCUT2D eigenvalue weighted by atomic mass is 19.1. The monoisotopic (exact) mass is 508 g/mol. The van der Waals surface area contributed by atoms with E-state index in [0.29, 0.717) is 31.2 Å². The zero-order valence-corrected chi connectivity index (χ0v) is 22.1. The Morgan fingerprint density at radius 2 is 1.86 bits per heavy atom. The number of halogens is 1. The molecule has 1 atom stereocenters. The van der Waals surface area contributed by atoms with Crippen molar-refractivity contribution in [2.45, 2.75) is 64.3 Å². The quantitative estimate of drug-likeness (QED) is 0.426. The van der Waals surface area contributed by atoms with Crippen LogP contribution in [0.5, 0.6) is 0 Å². The number of hydrogen-bond acceptors (Lipinski definition) is 6. The Hall–Kier alpha value is -3.13. The predicted molar refractivity (Wildman–Crippen MR) is 141 cm³/mol. The van der Waals surface area contributed by atoms with Crippen LogP contribution in [0.1, 0.15) is 80.4 Å². The number of aliphatic imine (C=N–C) groups is 1. The van der Waals surface area contributed by atoms with Crippen molar-refractivity contribution < 1.29 is 18.7 Å². The second-order valence-corrected chi connectivity index (χ2v) is 9.90. The predicted octanol–water partition coefficient (Wildman–Crippen LogP) is 4.92. The average Bonchev–Trinajstić information content (AvgIpc) is 3.15. The lowest BCUT2D eigenvalue weighted by atomic mass is 9.85. The molecule has 1 unspecified atom stereocenters. The van der Waals surface area contributed by atoms with E-state index in [1.54, 1.807) is 30.2 Å². The van der Waals surface area contributed by atoms with Crippen LogP contribution < -0.4 is 0 Å². The van der Waals surface area contributed by atoms with Crippen LogP contribution in [-0.4, -0.2) is 65.3 Å². The minimum Gasteiger partial charge on any atom is -0.461 e. The average molecular weight is 509 g/mol. The summed E-state index contributed by atoms with van der Waals surface area (Å²) >= 11 is 0. The van der Waals surface area contributed by atoms with Crippen LogP contribution >= 0.6 is 0 Å². The summed E-state index contributed by atoms with van der Waals surface area (Å²) in [5.74, 6) is 0.432. The van der Waals surface area contributed by atoms with E-state index in [1.165, 1.54) is 12.1 Å². The van der Waals surface area contributed by atoms with Crippen molar-refractivity contribution in [2.24, 2.45) is 4.99 Å². The Labute approximate surface area is 218 Å². The Bertz CT molecular complexity index is 1130. The summed E-state index contributed by atoms with van der Waals surface area (Å²) in [5, 5.41) is 0. The van der Waals surface area contributed by atoms with Crippen molar-refractivity contribution in [3.8, 4) is 0 Å². The number of benzene rings is 1. The maximum atomic E-state index is 13.6. The molecule has 1 amide bonds. The third-order valence-electron chi connectivity index (χ3n) is 7.46. The number of aromatic nitrogens is 1. The van der Waals surface area contributed by atoms with Gasteiger partial charge in [0.25, 0.3) is 5.91 Å². The standard InChI is InChI=1S/C29H37FN4O3/c1-4-14-29(24-7-9-25(30)10-8-24)28(36)34(21(3)32-29)17-6-16-33-18-12-22(13-19-33)23-11-15-31-26(20-23)27(35)37-5-2/h7-11,15,20,22H,4-6,12-14,16-19H2,1-3H3. The second kappa shape index (κ2) is 11.9. The number of hydrogen-bond donors (Lipinski definition) is 0. The molecular weight excluding hydrogens is 471 g/mol. The number of carbonyl (C=O) groups excluding carboxylic acids is 2. The van der Waals surface area contributed by atoms with Gasteiger partial charge in [-0.3, -0.25) is 14.7 Å². The number of amidine groups is 1. The van der Waals surface area contributed by atoms with E-state index in [9.17, 15) is 14.0 Å². The largest absolute Gasteiger partial charge is 0.461 e. The van der Waals surface area contributed by atoms with Crippen LogP contribution in [0, 0.1) is 5.82 Å². The molecule has 0 spiro atoms. The van der Waals surface area contributed by atoms with Gasteiger partial charge in [0, 0.05) is 12.7 Å². The molecule has 198 valence electrons. The minimum atomic E-state index is -0.947. The third kappa shape index (κ3) is 5.90. The van der Waals surface area contributed by atoms with E-state index in [-0.39, 0.29) is 17.7 Å². The Balaban J connectivity index is 1.30. The first-order chi connectivity index (χ1) is 17.9. The lowest BCUT2D eigenvalue weighted by molar-refractivity contribution is -0.131. The van der Waals surface area contributed by atoms with Crippen molar-refractivity contribution in [2.75, 3.05) is 32.8 Å². The highest BCUT2D eigenvalue weighted by Gasteiger charge is 2.47. The summed E-state index contributed by atoms with van der Waals surface area (Å²) in [6.45, 7) is 9.53. The number of ether oxygens (including phenoxy) is 1. The van der Waals surface area contributed by atoms with Gasteiger partial charge in [-0.15, -0.1) is 0 Å². The van der Waals surface area contributed by atoms with E-state index >= 15 is 0 Å². The molecule has 7 nitrogen and oxygen atoms in total. The molecule has 37 heavy (non-hydrogen) atoms. The summed E-state index contributed by atoms with van der Waals surface area (Å²) in [5.41, 5.74) is 1.32. The lowest BCUT2D eigenvalue weighted by Crippen LogP contribution is -2.42. The zero-order chi connectivity index (χ0) is 26.4. The Morgan fingerprint density at radius 3 is 2.54 bits per heavy atom. The van der Waals surface area contributed by atoms with Gasteiger partial charge in [0.1, 0.15) is 17.3 Å². The first kappa shape index (κ1) is 26.9. The molecule has 4 rings (SSSR count). The molecule has 0 radical (unpaired) electrons. The first-order valence-electron chi connectivity index (χ1n) is 13.4. The van der Waals surface area contributed by atoms with Gasteiger partial charge in [-0.05, 0) is 100 Å². The first-order valence-corrected chi connectivity index (χ1v) is 13.4. The van der Waals surface area contributed by atoms with Crippen LogP contribution in [-0.2, 0) is 15.1 Å². The van der Waals surface area contributed by atoms with E-state index in [2.05, 4.69) is 9.88 Å². The zero-order valence-electron chi connectivity index (χ0n) is 22.1. The summed E-state index contributed by atoms with van der Waals surface area (Å²) in [7, 11) is 0. The Kier molecular flexibility index (Phi) is 8.69. The number of pyridine rings is 1. The summed E-state index contributed by atoms with van der Waals surface area (Å²) < 4.78 is 18.6. The number of nitrogens with zero attached hydrogens (tertiary/aromatic N) is 4. The molecule has 1 fully saturated rings. The van der Waals surface area contributed by atoms with Gasteiger partial charge in [0.2, 0.25) is 0 Å². The van der Waals surface area contributed by atoms with Crippen molar-refractivity contribution in [1.29, 1.82) is 0 Å². The number of piperidine rings is 1. The van der Waals surface area contributed by atoms with Gasteiger partial charge in [-0.25, -0.2) is 14.2 Å². The topological polar surface area (TPSA) is 75.1 Å². The maximum Gasteiger partial charge on any atom is 0.356 e. The fourth-order valence-electron chi connectivity index (χ4n) is 5.56. The summed E-state index contributed by atoms with van der Waals surface area (Å²) in [6.07, 6.45) is 5.99. The molecule has 1 aromatic carbocycles. The van der Waals surface area contributed by atoms with Crippen LogP contribution in [0.2, 0.25) is 0 Å². The SMILES string of the molecule is CCCC1(c2ccc(F)cc2)N=C(C)N(CCCN2CCC(c3ccnc(C(=O)OCC)c3)CC2)C1=O. The molecular formula is C29H37FN4O3. The molecule has 0 saturated carbocycles.